The second-order valence-corrected chi connectivity index (χ2v) is 4.78. The summed E-state index contributed by atoms with van der Waals surface area (Å²) in [6, 6.07) is 0. The SMILES string of the molecule is NC1NC(=O)c2ncn([C@@H]3O[C@H](CO)[C@@H](O)[C@H]3O)c2N1F. The maximum absolute atomic E-state index is 14.1. The van der Waals surface area contributed by atoms with Crippen LogP contribution in [0.15, 0.2) is 6.33 Å². The molecule has 0 spiro atoms. The fourth-order valence-electron chi connectivity index (χ4n) is 2.41. The lowest BCUT2D eigenvalue weighted by atomic mass is 10.1. The predicted octanol–water partition coefficient (Wildman–Crippen LogP) is -2.83. The number of rotatable bonds is 2. The Kier molecular flexibility index (Phi) is 3.30. The monoisotopic (exact) mass is 303 g/mol. The number of carbonyl (C=O) groups excluding carboxylic acids is 1. The van der Waals surface area contributed by atoms with Crippen LogP contribution in [0.2, 0.25) is 0 Å². The summed E-state index contributed by atoms with van der Waals surface area (Å²) in [7, 11) is 0. The molecular formula is C10H14FN5O5. The van der Waals surface area contributed by atoms with Crippen molar-refractivity contribution in [2.45, 2.75) is 30.8 Å². The number of carbonyl (C=O) groups is 1. The van der Waals surface area contributed by atoms with Crippen molar-refractivity contribution in [3.05, 3.63) is 12.0 Å². The van der Waals surface area contributed by atoms with E-state index in [-0.39, 0.29) is 16.6 Å². The number of ether oxygens (including phenoxy) is 1. The predicted molar refractivity (Wildman–Crippen MR) is 64.3 cm³/mol. The Morgan fingerprint density at radius 3 is 2.81 bits per heavy atom. The molecule has 2 aliphatic rings. The number of aliphatic hydroxyl groups excluding tert-OH is 3. The van der Waals surface area contributed by atoms with Gasteiger partial charge in [-0.15, -0.1) is 0 Å². The Morgan fingerprint density at radius 1 is 1.48 bits per heavy atom. The third kappa shape index (κ3) is 1.98. The number of nitrogens with zero attached hydrogens (tertiary/aromatic N) is 3. The highest BCUT2D eigenvalue weighted by Crippen LogP contribution is 2.35. The van der Waals surface area contributed by atoms with Crippen LogP contribution >= 0.6 is 0 Å². The smallest absolute Gasteiger partial charge is 0.276 e. The van der Waals surface area contributed by atoms with Gasteiger partial charge in [-0.3, -0.25) is 15.1 Å². The molecule has 6 N–H and O–H groups in total. The first kappa shape index (κ1) is 14.2. The largest absolute Gasteiger partial charge is 0.394 e. The minimum absolute atomic E-state index is 0.0679. The molecule has 3 rings (SSSR count). The molecule has 0 bridgehead atoms. The van der Waals surface area contributed by atoms with Crippen LogP contribution in [0.1, 0.15) is 16.7 Å². The lowest BCUT2D eigenvalue weighted by Crippen LogP contribution is -2.55. The van der Waals surface area contributed by atoms with E-state index < -0.39 is 43.3 Å². The van der Waals surface area contributed by atoms with Crippen LogP contribution in [0.25, 0.3) is 0 Å². The van der Waals surface area contributed by atoms with Gasteiger partial charge in [0.05, 0.1) is 12.9 Å². The van der Waals surface area contributed by atoms with Gasteiger partial charge < -0.3 is 25.4 Å². The van der Waals surface area contributed by atoms with Crippen LogP contribution in [0.4, 0.5) is 10.3 Å². The number of aliphatic hydroxyl groups is 3. The number of halogens is 1. The molecule has 0 aliphatic carbocycles. The number of imidazole rings is 1. The van der Waals surface area contributed by atoms with Crippen LogP contribution in [0.5, 0.6) is 0 Å². The Morgan fingerprint density at radius 2 is 2.19 bits per heavy atom. The molecule has 21 heavy (non-hydrogen) atoms. The third-order valence-electron chi connectivity index (χ3n) is 3.50. The summed E-state index contributed by atoms with van der Waals surface area (Å²) in [5, 5.41) is 30.9. The highest BCUT2D eigenvalue weighted by molar-refractivity contribution is 5.99. The summed E-state index contributed by atoms with van der Waals surface area (Å²) in [6.07, 6.45) is -5.31. The van der Waals surface area contributed by atoms with Gasteiger partial charge in [0, 0.05) is 0 Å². The van der Waals surface area contributed by atoms with Gasteiger partial charge in [-0.1, -0.05) is 4.48 Å². The second-order valence-electron chi connectivity index (χ2n) is 4.78. The van der Waals surface area contributed by atoms with E-state index in [4.69, 9.17) is 15.6 Å². The van der Waals surface area contributed by atoms with Crippen LogP contribution in [-0.2, 0) is 4.74 Å². The van der Waals surface area contributed by atoms with Crippen molar-refractivity contribution in [2.24, 2.45) is 5.73 Å². The summed E-state index contributed by atoms with van der Waals surface area (Å²) in [5.41, 5.74) is 5.19. The lowest BCUT2D eigenvalue weighted by Gasteiger charge is -2.29. The molecule has 3 heterocycles. The first-order valence-corrected chi connectivity index (χ1v) is 6.16. The van der Waals surface area contributed by atoms with Crippen molar-refractivity contribution in [1.29, 1.82) is 0 Å². The molecule has 1 fully saturated rings. The Balaban J connectivity index is 2.00. The number of anilines is 1. The summed E-state index contributed by atoms with van der Waals surface area (Å²) in [4.78, 5) is 15.4. The standard InChI is InChI=1S/C10H14FN5O5/c11-16-8-4(7(20)14-10(16)12)13-2-15(8)9-6(19)5(18)3(1-17)21-9/h2-3,5-6,9-10,17-19H,1,12H2,(H,14,20)/t3-,5-,6-,9-,10?/m1/s1. The van der Waals surface area contributed by atoms with Crippen LogP contribution in [-0.4, -0.2) is 62.0 Å². The number of fused-ring (bicyclic) bond motifs is 1. The zero-order chi connectivity index (χ0) is 15.3. The molecule has 11 heteroatoms. The van der Waals surface area contributed by atoms with Crippen molar-refractivity contribution < 1.29 is 29.3 Å². The van der Waals surface area contributed by atoms with E-state index in [0.29, 0.717) is 0 Å². The van der Waals surface area contributed by atoms with Gasteiger partial charge in [0.2, 0.25) is 0 Å². The van der Waals surface area contributed by atoms with E-state index in [1.165, 1.54) is 0 Å². The molecule has 1 unspecified atom stereocenters. The lowest BCUT2D eigenvalue weighted by molar-refractivity contribution is -0.0527. The molecule has 5 atom stereocenters. The highest BCUT2D eigenvalue weighted by Gasteiger charge is 2.46. The second kappa shape index (κ2) is 4.89. The number of nitrogens with two attached hydrogens (primary N) is 1. The van der Waals surface area contributed by atoms with Crippen molar-refractivity contribution in [3.63, 3.8) is 0 Å². The minimum Gasteiger partial charge on any atom is -0.394 e. The third-order valence-corrected chi connectivity index (χ3v) is 3.50. The van der Waals surface area contributed by atoms with Crippen molar-refractivity contribution in [1.82, 2.24) is 14.9 Å². The minimum atomic E-state index is -1.42. The highest BCUT2D eigenvalue weighted by atomic mass is 19.2. The van der Waals surface area contributed by atoms with E-state index in [0.717, 1.165) is 10.9 Å². The molecule has 0 radical (unpaired) electrons. The van der Waals surface area contributed by atoms with E-state index in [1.807, 2.05) is 0 Å². The van der Waals surface area contributed by atoms with Gasteiger partial charge >= 0.3 is 0 Å². The van der Waals surface area contributed by atoms with Crippen LogP contribution in [0, 0.1) is 0 Å². The Labute approximate surface area is 117 Å². The molecule has 116 valence electrons. The zero-order valence-electron chi connectivity index (χ0n) is 10.6. The molecule has 2 aliphatic heterocycles. The van der Waals surface area contributed by atoms with E-state index in [9.17, 15) is 19.5 Å². The summed E-state index contributed by atoms with van der Waals surface area (Å²) in [6.45, 7) is -0.523. The molecular weight excluding hydrogens is 289 g/mol. The average molecular weight is 303 g/mol. The van der Waals surface area contributed by atoms with E-state index in [2.05, 4.69) is 10.3 Å². The van der Waals surface area contributed by atoms with Gasteiger partial charge in [0.1, 0.15) is 18.3 Å². The van der Waals surface area contributed by atoms with Gasteiger partial charge in [-0.25, -0.2) is 4.98 Å². The average Bonchev–Trinajstić information content (AvgIpc) is 3.00. The number of hydrogen-bond donors (Lipinski definition) is 5. The van der Waals surface area contributed by atoms with Crippen LogP contribution in [0.3, 0.4) is 0 Å². The molecule has 1 saturated heterocycles. The Hall–Kier alpha value is -1.79. The van der Waals surface area contributed by atoms with E-state index >= 15 is 0 Å². The van der Waals surface area contributed by atoms with Gasteiger partial charge in [-0.2, -0.15) is 5.12 Å². The number of aromatic nitrogens is 2. The number of hydrogen-bond acceptors (Lipinski definition) is 8. The quantitative estimate of drug-likeness (QED) is 0.367. The zero-order valence-corrected chi connectivity index (χ0v) is 10.6. The van der Waals surface area contributed by atoms with Crippen molar-refractivity contribution in [3.8, 4) is 0 Å². The van der Waals surface area contributed by atoms with Gasteiger partial charge in [-0.05, 0) is 0 Å². The van der Waals surface area contributed by atoms with Crippen LogP contribution < -0.4 is 16.2 Å². The molecule has 10 nitrogen and oxygen atoms in total. The number of nitrogens with one attached hydrogen (secondary N) is 1. The normalized spacial score (nSPS) is 35.8. The summed E-state index contributed by atoms with van der Waals surface area (Å²) in [5.74, 6) is -0.960. The van der Waals surface area contributed by atoms with E-state index in [1.54, 1.807) is 0 Å². The summed E-state index contributed by atoms with van der Waals surface area (Å²) >= 11 is 0. The van der Waals surface area contributed by atoms with Crippen molar-refractivity contribution >= 4 is 11.7 Å². The topological polar surface area (TPSA) is 146 Å². The maximum Gasteiger partial charge on any atom is 0.276 e. The molecule has 0 saturated carbocycles. The molecule has 1 aromatic rings. The molecule has 1 amide bonds. The molecule has 0 aromatic carbocycles. The summed E-state index contributed by atoms with van der Waals surface area (Å²) < 4.78 is 20.4. The molecule has 1 aromatic heterocycles. The van der Waals surface area contributed by atoms with Gasteiger partial charge in [0.25, 0.3) is 5.91 Å². The maximum atomic E-state index is 14.1. The first-order chi connectivity index (χ1) is 9.95. The Bertz CT molecular complexity index is 568. The van der Waals surface area contributed by atoms with Crippen molar-refractivity contribution in [2.75, 3.05) is 11.7 Å². The number of amides is 1. The fraction of sp³-hybridized carbons (Fsp3) is 0.600. The first-order valence-electron chi connectivity index (χ1n) is 6.16. The fourth-order valence-corrected chi connectivity index (χ4v) is 2.41. The van der Waals surface area contributed by atoms with Gasteiger partial charge in [0.15, 0.2) is 24.0 Å².